The molecular weight excluding hydrogens is 364 g/mol. The molecule has 0 aromatic heterocycles. The molecule has 0 bridgehead atoms. The second kappa shape index (κ2) is 6.94. The average Bonchev–Trinajstić information content (AvgIpc) is 3.22. The summed E-state index contributed by atoms with van der Waals surface area (Å²) in [4.78, 5) is 12.1. The van der Waals surface area contributed by atoms with Crippen molar-refractivity contribution in [2.45, 2.75) is 49.7 Å². The van der Waals surface area contributed by atoms with E-state index in [-0.39, 0.29) is 11.4 Å². The van der Waals surface area contributed by atoms with Gasteiger partial charge >= 0.3 is 5.97 Å². The van der Waals surface area contributed by atoms with Crippen LogP contribution in [0.15, 0.2) is 61.1 Å². The zero-order valence-electron chi connectivity index (χ0n) is 16.7. The first-order valence-electron chi connectivity index (χ1n) is 10.4. The van der Waals surface area contributed by atoms with E-state index in [0.29, 0.717) is 11.5 Å². The monoisotopic (exact) mass is 390 g/mol. The smallest absolute Gasteiger partial charge is 0.337 e. The Hall–Kier alpha value is -2.75. The largest absolute Gasteiger partial charge is 0.465 e. The van der Waals surface area contributed by atoms with Crippen LogP contribution in [-0.4, -0.2) is 18.9 Å². The van der Waals surface area contributed by atoms with Gasteiger partial charge in [0.05, 0.1) is 12.7 Å². The molecule has 1 fully saturated rings. The zero-order valence-corrected chi connectivity index (χ0v) is 16.7. The van der Waals surface area contributed by atoms with Gasteiger partial charge in [0, 0.05) is 18.3 Å². The fourth-order valence-electron chi connectivity index (χ4n) is 5.72. The number of hydrogen-bond donors (Lipinski definition) is 0. The van der Waals surface area contributed by atoms with E-state index >= 15 is 0 Å². The lowest BCUT2D eigenvalue weighted by atomic mass is 9.54. The van der Waals surface area contributed by atoms with Gasteiger partial charge in [-0.1, -0.05) is 36.4 Å². The predicted molar refractivity (Wildman–Crippen MR) is 109 cm³/mol. The third kappa shape index (κ3) is 3.02. The first-order valence-corrected chi connectivity index (χ1v) is 10.4. The molecule has 0 saturated heterocycles. The maximum Gasteiger partial charge on any atom is 0.337 e. The normalized spacial score (nSPS) is 26.2. The molecule has 150 valence electrons. The van der Waals surface area contributed by atoms with Crippen molar-refractivity contribution in [3.05, 3.63) is 83.3 Å². The van der Waals surface area contributed by atoms with Gasteiger partial charge in [-0.3, -0.25) is 0 Å². The van der Waals surface area contributed by atoms with Crippen molar-refractivity contribution in [3.8, 4) is 0 Å². The molecule has 4 nitrogen and oxygen atoms in total. The number of rotatable bonds is 3. The number of aryl methyl sites for hydroxylation is 1. The maximum absolute atomic E-state index is 12.1. The minimum Gasteiger partial charge on any atom is -0.465 e. The summed E-state index contributed by atoms with van der Waals surface area (Å²) in [5, 5.41) is 0. The SMILES string of the molecule is COC(=O)c1ccc2c(c1)CC[C@H]1CC3(CC[C@@]21Cc1ccccc1)OC=CO3. The number of methoxy groups -OCH3 is 1. The van der Waals surface area contributed by atoms with Crippen molar-refractivity contribution < 1.29 is 19.0 Å². The Morgan fingerprint density at radius 1 is 1.10 bits per heavy atom. The van der Waals surface area contributed by atoms with Crippen LogP contribution in [0, 0.1) is 5.92 Å². The van der Waals surface area contributed by atoms with Crippen LogP contribution in [0.1, 0.15) is 52.7 Å². The Labute approximate surface area is 171 Å². The van der Waals surface area contributed by atoms with E-state index in [1.54, 1.807) is 12.5 Å². The molecule has 29 heavy (non-hydrogen) atoms. The van der Waals surface area contributed by atoms with E-state index in [4.69, 9.17) is 14.2 Å². The number of carbonyl (C=O) groups is 1. The van der Waals surface area contributed by atoms with E-state index in [9.17, 15) is 4.79 Å². The van der Waals surface area contributed by atoms with E-state index in [1.165, 1.54) is 23.8 Å². The number of carbonyl (C=O) groups excluding carboxylic acids is 1. The predicted octanol–water partition coefficient (Wildman–Crippen LogP) is 4.91. The quantitative estimate of drug-likeness (QED) is 0.698. The summed E-state index contributed by atoms with van der Waals surface area (Å²) in [5.74, 6) is -0.296. The Kier molecular flexibility index (Phi) is 4.38. The van der Waals surface area contributed by atoms with Gasteiger partial charge in [0.2, 0.25) is 5.79 Å². The minimum absolute atomic E-state index is 0.0319. The molecule has 2 aromatic rings. The standard InChI is InChI=1S/C25H26O4/c1-27-23(26)20-8-10-22-19(15-20)7-9-21-17-25(28-13-14-29-25)12-11-24(21,22)16-18-5-3-2-4-6-18/h2-6,8,10,13-15,21H,7,9,11-12,16-17H2,1H3/t21-,24-/m0/s1. The minimum atomic E-state index is -0.492. The van der Waals surface area contributed by atoms with Gasteiger partial charge in [-0.25, -0.2) is 4.79 Å². The van der Waals surface area contributed by atoms with Crippen LogP contribution >= 0.6 is 0 Å². The zero-order chi connectivity index (χ0) is 19.9. The van der Waals surface area contributed by atoms with Crippen LogP contribution in [0.3, 0.4) is 0 Å². The van der Waals surface area contributed by atoms with Crippen molar-refractivity contribution in [3.63, 3.8) is 0 Å². The lowest BCUT2D eigenvalue weighted by molar-refractivity contribution is -0.187. The molecule has 2 aliphatic carbocycles. The summed E-state index contributed by atoms with van der Waals surface area (Å²) in [7, 11) is 1.44. The van der Waals surface area contributed by atoms with Crippen LogP contribution in [0.5, 0.6) is 0 Å². The van der Waals surface area contributed by atoms with Crippen LogP contribution in [-0.2, 0) is 32.5 Å². The van der Waals surface area contributed by atoms with Crippen LogP contribution in [0.4, 0.5) is 0 Å². The van der Waals surface area contributed by atoms with Crippen LogP contribution < -0.4 is 0 Å². The lowest BCUT2D eigenvalue weighted by Crippen LogP contribution is -2.51. The molecule has 1 saturated carbocycles. The first-order chi connectivity index (χ1) is 14.1. The highest BCUT2D eigenvalue weighted by molar-refractivity contribution is 5.89. The van der Waals surface area contributed by atoms with Gasteiger partial charge in [0.15, 0.2) is 0 Å². The summed E-state index contributed by atoms with van der Waals surface area (Å²) < 4.78 is 16.8. The molecule has 1 heterocycles. The molecule has 0 amide bonds. The number of esters is 1. The highest BCUT2D eigenvalue weighted by atomic mass is 16.7. The summed E-state index contributed by atoms with van der Waals surface area (Å²) in [6, 6.07) is 16.9. The molecule has 0 unspecified atom stereocenters. The van der Waals surface area contributed by atoms with Crippen LogP contribution in [0.25, 0.3) is 0 Å². The fraction of sp³-hybridized carbons (Fsp3) is 0.400. The Morgan fingerprint density at radius 2 is 1.90 bits per heavy atom. The molecule has 2 atom stereocenters. The summed E-state index contributed by atoms with van der Waals surface area (Å²) in [6.45, 7) is 0. The van der Waals surface area contributed by atoms with Gasteiger partial charge in [-0.15, -0.1) is 0 Å². The number of hydrogen-bond acceptors (Lipinski definition) is 4. The Balaban J connectivity index is 1.56. The highest BCUT2D eigenvalue weighted by Gasteiger charge is 2.54. The Bertz CT molecular complexity index is 941. The highest BCUT2D eigenvalue weighted by Crippen LogP contribution is 2.56. The first kappa shape index (κ1) is 18.3. The van der Waals surface area contributed by atoms with E-state index in [2.05, 4.69) is 36.4 Å². The molecule has 3 aliphatic rings. The van der Waals surface area contributed by atoms with E-state index in [1.807, 2.05) is 12.1 Å². The van der Waals surface area contributed by atoms with Gasteiger partial charge in [-0.2, -0.15) is 0 Å². The van der Waals surface area contributed by atoms with E-state index in [0.717, 1.165) is 38.5 Å². The number of benzene rings is 2. The molecule has 0 radical (unpaired) electrons. The molecule has 4 heteroatoms. The van der Waals surface area contributed by atoms with Crippen molar-refractivity contribution in [2.75, 3.05) is 7.11 Å². The van der Waals surface area contributed by atoms with Crippen molar-refractivity contribution >= 4 is 5.97 Å². The molecular formula is C25H26O4. The molecule has 1 aliphatic heterocycles. The summed E-state index contributed by atoms with van der Waals surface area (Å²) >= 11 is 0. The number of fused-ring (bicyclic) bond motifs is 3. The van der Waals surface area contributed by atoms with Crippen LogP contribution in [0.2, 0.25) is 0 Å². The second-order valence-electron chi connectivity index (χ2n) is 8.54. The van der Waals surface area contributed by atoms with Crippen molar-refractivity contribution in [2.24, 2.45) is 5.92 Å². The maximum atomic E-state index is 12.1. The van der Waals surface area contributed by atoms with E-state index < -0.39 is 5.79 Å². The fourth-order valence-corrected chi connectivity index (χ4v) is 5.72. The topological polar surface area (TPSA) is 44.8 Å². The van der Waals surface area contributed by atoms with Gasteiger partial charge in [0.25, 0.3) is 0 Å². The summed E-state index contributed by atoms with van der Waals surface area (Å²) in [5.41, 5.74) is 4.68. The third-order valence-corrected chi connectivity index (χ3v) is 7.10. The summed E-state index contributed by atoms with van der Waals surface area (Å²) in [6.07, 6.45) is 9.15. The van der Waals surface area contributed by atoms with Crippen molar-refractivity contribution in [1.29, 1.82) is 0 Å². The molecule has 0 N–H and O–H groups in total. The van der Waals surface area contributed by atoms with Crippen molar-refractivity contribution in [1.82, 2.24) is 0 Å². The Morgan fingerprint density at radius 3 is 2.66 bits per heavy atom. The van der Waals surface area contributed by atoms with Gasteiger partial charge in [-0.05, 0) is 60.4 Å². The molecule has 5 rings (SSSR count). The second-order valence-corrected chi connectivity index (χ2v) is 8.54. The molecule has 2 aromatic carbocycles. The third-order valence-electron chi connectivity index (χ3n) is 7.10. The lowest BCUT2D eigenvalue weighted by Gasteiger charge is -2.52. The molecule has 1 spiro atoms. The van der Waals surface area contributed by atoms with Gasteiger partial charge in [0.1, 0.15) is 12.5 Å². The number of ether oxygens (including phenoxy) is 3. The average molecular weight is 390 g/mol. The van der Waals surface area contributed by atoms with Gasteiger partial charge < -0.3 is 14.2 Å².